The fourth-order valence-corrected chi connectivity index (χ4v) is 1.80. The molecule has 0 bridgehead atoms. The molecule has 0 aromatic heterocycles. The first kappa shape index (κ1) is 13.0. The first-order valence-corrected chi connectivity index (χ1v) is 6.66. The number of anilines is 1. The molecule has 0 radical (unpaired) electrons. The zero-order valence-electron chi connectivity index (χ0n) is 9.47. The van der Waals surface area contributed by atoms with Crippen LogP contribution in [0.15, 0.2) is 29.2 Å². The summed E-state index contributed by atoms with van der Waals surface area (Å²) in [4.78, 5) is 0.123. The molecule has 0 aliphatic rings. The van der Waals surface area contributed by atoms with Crippen molar-refractivity contribution in [2.24, 2.45) is 5.14 Å². The number of hydrazine groups is 1. The maximum Gasteiger partial charge on any atom is 0.238 e. The number of hydrogen-bond acceptors (Lipinski definition) is 4. The third-order valence-electron chi connectivity index (χ3n) is 2.23. The second-order valence-electron chi connectivity index (χ2n) is 3.35. The molecule has 0 saturated carbocycles. The molecule has 0 saturated heterocycles. The van der Waals surface area contributed by atoms with Crippen molar-refractivity contribution in [3.63, 3.8) is 0 Å². The van der Waals surface area contributed by atoms with Gasteiger partial charge in [0.25, 0.3) is 0 Å². The Kier molecular flexibility index (Phi) is 4.28. The Morgan fingerprint density at radius 2 is 1.69 bits per heavy atom. The van der Waals surface area contributed by atoms with E-state index in [1.165, 1.54) is 12.1 Å². The van der Waals surface area contributed by atoms with Crippen LogP contribution in [0.3, 0.4) is 0 Å². The summed E-state index contributed by atoms with van der Waals surface area (Å²) in [5.74, 6) is 0. The van der Waals surface area contributed by atoms with E-state index in [1.807, 2.05) is 18.9 Å². The van der Waals surface area contributed by atoms with Crippen LogP contribution < -0.4 is 10.6 Å². The van der Waals surface area contributed by atoms with Crippen molar-refractivity contribution >= 4 is 15.7 Å². The topological polar surface area (TPSA) is 75.4 Å². The maximum atomic E-state index is 11.0. The summed E-state index contributed by atoms with van der Waals surface area (Å²) in [5, 5.41) is 7.01. The van der Waals surface area contributed by atoms with Gasteiger partial charge in [-0.3, -0.25) is 0 Å². The van der Waals surface area contributed by atoms with E-state index in [9.17, 15) is 8.42 Å². The first-order chi connectivity index (χ1) is 7.47. The number of hydrogen-bond donors (Lipinski definition) is 2. The summed E-state index contributed by atoms with van der Waals surface area (Å²) >= 11 is 0. The zero-order valence-corrected chi connectivity index (χ0v) is 10.3. The molecule has 0 spiro atoms. The molecular formula is C10H17N3O2S. The fourth-order valence-electron chi connectivity index (χ4n) is 1.28. The van der Waals surface area contributed by atoms with Gasteiger partial charge in [-0.05, 0) is 24.3 Å². The Balaban J connectivity index is 2.80. The molecule has 16 heavy (non-hydrogen) atoms. The number of sulfonamides is 1. The summed E-state index contributed by atoms with van der Waals surface area (Å²) in [7, 11) is -3.60. The van der Waals surface area contributed by atoms with Crippen molar-refractivity contribution < 1.29 is 8.42 Å². The molecule has 0 heterocycles. The van der Waals surface area contributed by atoms with E-state index in [1.54, 1.807) is 12.1 Å². The molecule has 1 aromatic carbocycles. The summed E-state index contributed by atoms with van der Waals surface area (Å²) in [6.45, 7) is 5.81. The molecule has 0 fully saturated rings. The lowest BCUT2D eigenvalue weighted by Gasteiger charge is -2.20. The van der Waals surface area contributed by atoms with Crippen molar-refractivity contribution in [2.45, 2.75) is 18.7 Å². The number of benzene rings is 1. The molecule has 90 valence electrons. The van der Waals surface area contributed by atoms with Gasteiger partial charge in [0.15, 0.2) is 0 Å². The Labute approximate surface area is 96.3 Å². The molecule has 0 amide bonds. The smallest absolute Gasteiger partial charge is 0.238 e. The van der Waals surface area contributed by atoms with Gasteiger partial charge in [0, 0.05) is 18.8 Å². The normalized spacial score (nSPS) is 11.8. The van der Waals surface area contributed by atoms with Gasteiger partial charge in [-0.1, -0.05) is 13.8 Å². The highest BCUT2D eigenvalue weighted by Crippen LogP contribution is 2.13. The van der Waals surface area contributed by atoms with E-state index in [2.05, 4.69) is 5.43 Å². The van der Waals surface area contributed by atoms with Gasteiger partial charge in [-0.2, -0.15) is 0 Å². The maximum absolute atomic E-state index is 11.0. The Morgan fingerprint density at radius 3 is 2.06 bits per heavy atom. The number of nitrogens with two attached hydrogens (primary N) is 1. The monoisotopic (exact) mass is 243 g/mol. The average Bonchev–Trinajstić information content (AvgIpc) is 2.25. The molecular weight excluding hydrogens is 226 g/mol. The fraction of sp³-hybridized carbons (Fsp3) is 0.400. The van der Waals surface area contributed by atoms with Gasteiger partial charge < -0.3 is 5.43 Å². The Bertz CT molecular complexity index is 424. The largest absolute Gasteiger partial charge is 0.319 e. The van der Waals surface area contributed by atoms with Crippen LogP contribution in [0.2, 0.25) is 0 Å². The minimum Gasteiger partial charge on any atom is -0.319 e. The van der Waals surface area contributed by atoms with Gasteiger partial charge >= 0.3 is 0 Å². The highest BCUT2D eigenvalue weighted by atomic mass is 32.2. The zero-order chi connectivity index (χ0) is 12.2. The summed E-state index contributed by atoms with van der Waals surface area (Å²) in [6, 6.07) is 6.36. The molecule has 0 aliphatic heterocycles. The molecule has 3 N–H and O–H groups in total. The average molecular weight is 243 g/mol. The van der Waals surface area contributed by atoms with Gasteiger partial charge in [0.2, 0.25) is 10.0 Å². The molecule has 0 aliphatic carbocycles. The van der Waals surface area contributed by atoms with Crippen LogP contribution in [-0.2, 0) is 10.0 Å². The van der Waals surface area contributed by atoms with Gasteiger partial charge in [0.1, 0.15) is 0 Å². The van der Waals surface area contributed by atoms with Crippen LogP contribution in [0.25, 0.3) is 0 Å². The minimum absolute atomic E-state index is 0.123. The molecule has 1 rings (SSSR count). The van der Waals surface area contributed by atoms with Crippen LogP contribution in [-0.4, -0.2) is 26.5 Å². The van der Waals surface area contributed by atoms with Gasteiger partial charge in [-0.25, -0.2) is 18.6 Å². The lowest BCUT2D eigenvalue weighted by Crippen LogP contribution is -2.29. The van der Waals surface area contributed by atoms with Crippen molar-refractivity contribution in [3.8, 4) is 0 Å². The van der Waals surface area contributed by atoms with Crippen molar-refractivity contribution in [2.75, 3.05) is 18.5 Å². The third-order valence-corrected chi connectivity index (χ3v) is 3.16. The Hall–Kier alpha value is -1.11. The lowest BCUT2D eigenvalue weighted by atomic mass is 10.3. The predicted molar refractivity (Wildman–Crippen MR) is 64.4 cm³/mol. The van der Waals surface area contributed by atoms with E-state index >= 15 is 0 Å². The van der Waals surface area contributed by atoms with E-state index in [-0.39, 0.29) is 4.90 Å². The van der Waals surface area contributed by atoms with Crippen LogP contribution in [0.4, 0.5) is 5.69 Å². The SMILES string of the molecule is CCN(CC)Nc1ccc(S(N)(=O)=O)cc1. The van der Waals surface area contributed by atoms with Crippen LogP contribution in [0.1, 0.15) is 13.8 Å². The van der Waals surface area contributed by atoms with E-state index in [0.29, 0.717) is 0 Å². The standard InChI is InChI=1S/C10H17N3O2S/c1-3-13(4-2)12-9-5-7-10(8-6-9)16(11,14)15/h5-8,12H,3-4H2,1-2H3,(H2,11,14,15). The predicted octanol–water partition coefficient (Wildman–Crippen LogP) is 1.00. The molecule has 5 nitrogen and oxygen atoms in total. The van der Waals surface area contributed by atoms with Crippen LogP contribution >= 0.6 is 0 Å². The number of rotatable bonds is 5. The Morgan fingerprint density at radius 1 is 1.19 bits per heavy atom. The highest BCUT2D eigenvalue weighted by molar-refractivity contribution is 7.89. The summed E-state index contributed by atoms with van der Waals surface area (Å²) < 4.78 is 22.1. The third kappa shape index (κ3) is 3.48. The summed E-state index contributed by atoms with van der Waals surface area (Å²) in [6.07, 6.45) is 0. The number of nitrogens with zero attached hydrogens (tertiary/aromatic N) is 1. The number of nitrogens with one attached hydrogen (secondary N) is 1. The minimum atomic E-state index is -3.60. The summed E-state index contributed by atoms with van der Waals surface area (Å²) in [5.41, 5.74) is 4.00. The van der Waals surface area contributed by atoms with E-state index in [4.69, 9.17) is 5.14 Å². The molecule has 1 aromatic rings. The molecule has 6 heteroatoms. The first-order valence-electron chi connectivity index (χ1n) is 5.11. The van der Waals surface area contributed by atoms with Crippen LogP contribution in [0.5, 0.6) is 0 Å². The molecule has 0 unspecified atom stereocenters. The van der Waals surface area contributed by atoms with Gasteiger partial charge in [-0.15, -0.1) is 0 Å². The van der Waals surface area contributed by atoms with Crippen LogP contribution in [0, 0.1) is 0 Å². The van der Waals surface area contributed by atoms with Gasteiger partial charge in [0.05, 0.1) is 4.90 Å². The molecule has 0 atom stereocenters. The number of primary sulfonamides is 1. The van der Waals surface area contributed by atoms with E-state index < -0.39 is 10.0 Å². The lowest BCUT2D eigenvalue weighted by molar-refractivity contribution is 0.367. The van der Waals surface area contributed by atoms with Crippen molar-refractivity contribution in [1.82, 2.24) is 5.01 Å². The quantitative estimate of drug-likeness (QED) is 0.757. The second kappa shape index (κ2) is 5.29. The van der Waals surface area contributed by atoms with Crippen molar-refractivity contribution in [1.29, 1.82) is 0 Å². The van der Waals surface area contributed by atoms with Crippen molar-refractivity contribution in [3.05, 3.63) is 24.3 Å². The van der Waals surface area contributed by atoms with E-state index in [0.717, 1.165) is 18.8 Å². The second-order valence-corrected chi connectivity index (χ2v) is 4.91. The highest BCUT2D eigenvalue weighted by Gasteiger charge is 2.07.